The van der Waals surface area contributed by atoms with Gasteiger partial charge in [-0.2, -0.15) is 0 Å². The van der Waals surface area contributed by atoms with Crippen molar-refractivity contribution in [2.45, 2.75) is 12.3 Å². The number of ether oxygens (including phenoxy) is 1. The van der Waals surface area contributed by atoms with Gasteiger partial charge in [0.05, 0.1) is 25.0 Å². The summed E-state index contributed by atoms with van der Waals surface area (Å²) in [6.07, 6.45) is 1.08. The first-order chi connectivity index (χ1) is 10.8. The maximum absolute atomic E-state index is 12.3. The van der Waals surface area contributed by atoms with Crippen LogP contribution in [0.1, 0.15) is 17.9 Å². The Bertz CT molecular complexity index is 717. The molecule has 0 radical (unpaired) electrons. The predicted molar refractivity (Wildman–Crippen MR) is 84.8 cm³/mol. The molecule has 1 heterocycles. The van der Waals surface area contributed by atoms with E-state index in [9.17, 15) is 18.0 Å². The molecule has 9 heteroatoms. The fourth-order valence-electron chi connectivity index (χ4n) is 2.41. The number of para-hydroxylation sites is 1. The van der Waals surface area contributed by atoms with Crippen molar-refractivity contribution in [2.24, 2.45) is 0 Å². The molecule has 1 aromatic rings. The first-order valence-corrected chi connectivity index (χ1v) is 8.90. The largest absolute Gasteiger partial charge is 0.495 e. The number of nitrogens with one attached hydrogen (secondary N) is 3. The van der Waals surface area contributed by atoms with Crippen molar-refractivity contribution in [3.05, 3.63) is 23.8 Å². The maximum Gasteiger partial charge on any atom is 0.228 e. The Balaban J connectivity index is 2.08. The fraction of sp³-hybridized carbons (Fsp3) is 0.429. The van der Waals surface area contributed by atoms with E-state index >= 15 is 0 Å². The number of carbonyl (C=O) groups is 2. The summed E-state index contributed by atoms with van der Waals surface area (Å²) in [6.45, 7) is 0.234. The zero-order chi connectivity index (χ0) is 17.0. The monoisotopic (exact) mass is 341 g/mol. The highest BCUT2D eigenvalue weighted by Crippen LogP contribution is 2.38. The molecule has 0 bridgehead atoms. The molecule has 0 saturated carbocycles. The Kier molecular flexibility index (Phi) is 5.22. The van der Waals surface area contributed by atoms with Crippen LogP contribution >= 0.6 is 0 Å². The Morgan fingerprint density at radius 3 is 2.78 bits per heavy atom. The summed E-state index contributed by atoms with van der Waals surface area (Å²) in [4.78, 5) is 24.2. The van der Waals surface area contributed by atoms with Gasteiger partial charge >= 0.3 is 0 Å². The third-order valence-electron chi connectivity index (χ3n) is 3.41. The molecule has 0 spiro atoms. The molecule has 0 aromatic heterocycles. The van der Waals surface area contributed by atoms with Crippen LogP contribution in [-0.4, -0.2) is 46.7 Å². The second kappa shape index (κ2) is 6.97. The van der Waals surface area contributed by atoms with Crippen molar-refractivity contribution in [2.75, 3.05) is 31.8 Å². The number of benzene rings is 1. The molecule has 23 heavy (non-hydrogen) atoms. The molecule has 1 aliphatic heterocycles. The van der Waals surface area contributed by atoms with E-state index in [1.807, 2.05) is 0 Å². The molecule has 2 rings (SSSR count). The first kappa shape index (κ1) is 17.2. The maximum atomic E-state index is 12.3. The third-order valence-corrected chi connectivity index (χ3v) is 4.14. The van der Waals surface area contributed by atoms with Gasteiger partial charge in [0.15, 0.2) is 0 Å². The predicted octanol–water partition coefficient (Wildman–Crippen LogP) is -0.214. The van der Waals surface area contributed by atoms with Crippen LogP contribution < -0.4 is 20.1 Å². The Morgan fingerprint density at radius 1 is 1.39 bits per heavy atom. The van der Waals surface area contributed by atoms with Gasteiger partial charge in [-0.1, -0.05) is 12.1 Å². The second-order valence-electron chi connectivity index (χ2n) is 5.19. The van der Waals surface area contributed by atoms with Crippen molar-refractivity contribution in [1.29, 1.82) is 0 Å². The number of rotatable bonds is 6. The number of sulfonamides is 1. The summed E-state index contributed by atoms with van der Waals surface area (Å²) in [5, 5.41) is 5.35. The molecule has 1 unspecified atom stereocenters. The smallest absolute Gasteiger partial charge is 0.228 e. The lowest BCUT2D eigenvalue weighted by Gasteiger charge is -2.26. The van der Waals surface area contributed by atoms with E-state index in [1.165, 1.54) is 7.11 Å². The summed E-state index contributed by atoms with van der Waals surface area (Å²) in [5.74, 6) is -0.736. The molecule has 0 fully saturated rings. The van der Waals surface area contributed by atoms with E-state index in [0.29, 0.717) is 17.0 Å². The minimum atomic E-state index is -3.30. The summed E-state index contributed by atoms with van der Waals surface area (Å²) in [7, 11) is -1.81. The number of hydrogen-bond acceptors (Lipinski definition) is 5. The lowest BCUT2D eigenvalue weighted by molar-refractivity contribution is -0.126. The minimum absolute atomic E-state index is 0.0332. The van der Waals surface area contributed by atoms with Crippen molar-refractivity contribution in [3.63, 3.8) is 0 Å². The highest BCUT2D eigenvalue weighted by atomic mass is 32.2. The molecule has 0 saturated heterocycles. The van der Waals surface area contributed by atoms with Gasteiger partial charge in [-0.3, -0.25) is 9.59 Å². The Labute approximate surface area is 134 Å². The summed E-state index contributed by atoms with van der Waals surface area (Å²) >= 11 is 0. The summed E-state index contributed by atoms with van der Waals surface area (Å²) < 4.78 is 29.4. The van der Waals surface area contributed by atoms with E-state index in [1.54, 1.807) is 18.2 Å². The average molecular weight is 341 g/mol. The zero-order valence-electron chi connectivity index (χ0n) is 12.9. The molecule has 1 aromatic carbocycles. The topological polar surface area (TPSA) is 114 Å². The van der Waals surface area contributed by atoms with Crippen LogP contribution in [-0.2, 0) is 19.6 Å². The quantitative estimate of drug-likeness (QED) is 0.620. The standard InChI is InChI=1S/C14H19N3O5S/c1-22-11-5-3-4-9-10(8-12(18)17-13(9)11)14(19)15-6-7-16-23(2,20)21/h3-5,10,16H,6-8H2,1-2H3,(H,15,19)(H,17,18). The van der Waals surface area contributed by atoms with Gasteiger partial charge in [0.2, 0.25) is 21.8 Å². The van der Waals surface area contributed by atoms with Gasteiger partial charge in [-0.15, -0.1) is 0 Å². The Morgan fingerprint density at radius 2 is 2.13 bits per heavy atom. The number of carbonyl (C=O) groups excluding carboxylic acids is 2. The van der Waals surface area contributed by atoms with Crippen molar-refractivity contribution in [3.8, 4) is 5.75 Å². The lowest BCUT2D eigenvalue weighted by atomic mass is 9.89. The van der Waals surface area contributed by atoms with Crippen LogP contribution in [0.15, 0.2) is 18.2 Å². The third kappa shape index (κ3) is 4.42. The first-order valence-electron chi connectivity index (χ1n) is 7.01. The molecule has 1 atom stereocenters. The zero-order valence-corrected chi connectivity index (χ0v) is 13.7. The lowest BCUT2D eigenvalue weighted by Crippen LogP contribution is -2.39. The average Bonchev–Trinajstić information content (AvgIpc) is 2.49. The molecule has 0 aliphatic carbocycles. The van der Waals surface area contributed by atoms with Crippen LogP contribution in [0.4, 0.5) is 5.69 Å². The van der Waals surface area contributed by atoms with E-state index in [4.69, 9.17) is 4.74 Å². The van der Waals surface area contributed by atoms with E-state index in [0.717, 1.165) is 6.26 Å². The van der Waals surface area contributed by atoms with Crippen LogP contribution in [0.5, 0.6) is 5.75 Å². The van der Waals surface area contributed by atoms with Crippen molar-refractivity contribution in [1.82, 2.24) is 10.0 Å². The van der Waals surface area contributed by atoms with E-state index in [2.05, 4.69) is 15.4 Å². The van der Waals surface area contributed by atoms with Gasteiger partial charge in [0, 0.05) is 19.5 Å². The van der Waals surface area contributed by atoms with Gasteiger partial charge in [0.1, 0.15) is 5.75 Å². The normalized spacial score (nSPS) is 17.1. The molecule has 2 amide bonds. The molecule has 3 N–H and O–H groups in total. The second-order valence-corrected chi connectivity index (χ2v) is 7.02. The van der Waals surface area contributed by atoms with Crippen LogP contribution in [0, 0.1) is 0 Å². The molecular formula is C14H19N3O5S. The Hall–Kier alpha value is -2.13. The van der Waals surface area contributed by atoms with Crippen molar-refractivity contribution < 1.29 is 22.7 Å². The summed E-state index contributed by atoms with van der Waals surface area (Å²) in [6, 6.07) is 5.21. The SMILES string of the molecule is COc1cccc2c1NC(=O)CC2C(=O)NCCNS(C)(=O)=O. The van der Waals surface area contributed by atoms with Crippen molar-refractivity contribution >= 4 is 27.5 Å². The molecule has 126 valence electrons. The van der Waals surface area contributed by atoms with E-state index in [-0.39, 0.29) is 31.3 Å². The number of hydrogen-bond donors (Lipinski definition) is 3. The molecule has 1 aliphatic rings. The van der Waals surface area contributed by atoms with Crippen LogP contribution in [0.2, 0.25) is 0 Å². The highest BCUT2D eigenvalue weighted by molar-refractivity contribution is 7.88. The fourth-order valence-corrected chi connectivity index (χ4v) is 2.88. The van der Waals surface area contributed by atoms with E-state index < -0.39 is 15.9 Å². The number of fused-ring (bicyclic) bond motifs is 1. The highest BCUT2D eigenvalue weighted by Gasteiger charge is 2.32. The number of methoxy groups -OCH3 is 1. The molecular weight excluding hydrogens is 322 g/mol. The molecule has 8 nitrogen and oxygen atoms in total. The minimum Gasteiger partial charge on any atom is -0.495 e. The van der Waals surface area contributed by atoms with Gasteiger partial charge in [-0.25, -0.2) is 13.1 Å². The summed E-state index contributed by atoms with van der Waals surface area (Å²) in [5.41, 5.74) is 1.18. The van der Waals surface area contributed by atoms with Gasteiger partial charge in [0.25, 0.3) is 0 Å². The van der Waals surface area contributed by atoms with Crippen LogP contribution in [0.3, 0.4) is 0 Å². The van der Waals surface area contributed by atoms with Gasteiger partial charge in [-0.05, 0) is 11.6 Å². The number of anilines is 1. The number of amides is 2. The van der Waals surface area contributed by atoms with Crippen LogP contribution in [0.25, 0.3) is 0 Å². The van der Waals surface area contributed by atoms with Gasteiger partial charge < -0.3 is 15.4 Å².